The van der Waals surface area contributed by atoms with E-state index in [1.807, 2.05) is 12.1 Å². The van der Waals surface area contributed by atoms with Gasteiger partial charge in [-0.25, -0.2) is 0 Å². The molecule has 2 aromatic carbocycles. The molecule has 3 heteroatoms. The first-order valence-corrected chi connectivity index (χ1v) is 10.8. The molecule has 0 N–H and O–H groups in total. The summed E-state index contributed by atoms with van der Waals surface area (Å²) in [5.74, 6) is 2.01. The molecule has 2 aliphatic rings. The first kappa shape index (κ1) is 19.7. The molecule has 2 fully saturated rings. The van der Waals surface area contributed by atoms with E-state index in [1.54, 1.807) is 7.11 Å². The molecule has 2 aromatic rings. The minimum Gasteiger partial charge on any atom is -0.497 e. The van der Waals surface area contributed by atoms with Crippen LogP contribution in [-0.2, 0) is 4.79 Å². The van der Waals surface area contributed by atoms with Gasteiger partial charge in [-0.1, -0.05) is 36.4 Å². The van der Waals surface area contributed by atoms with E-state index in [9.17, 15) is 10.1 Å². The van der Waals surface area contributed by atoms with Gasteiger partial charge in [-0.3, -0.25) is 4.79 Å². The lowest BCUT2D eigenvalue weighted by molar-refractivity contribution is -0.123. The summed E-state index contributed by atoms with van der Waals surface area (Å²) in [6, 6.07) is 19.7. The van der Waals surface area contributed by atoms with Crippen molar-refractivity contribution in [1.29, 1.82) is 5.26 Å². The number of carbonyl (C=O) groups excluding carboxylic acids is 1. The lowest BCUT2D eigenvalue weighted by Crippen LogP contribution is -2.36. The number of ether oxygens (including phenoxy) is 1. The van der Waals surface area contributed by atoms with Crippen LogP contribution in [0.3, 0.4) is 0 Å². The molecule has 4 rings (SSSR count). The highest BCUT2D eigenvalue weighted by Gasteiger charge is 2.43. The maximum absolute atomic E-state index is 11.9. The summed E-state index contributed by atoms with van der Waals surface area (Å²) in [7, 11) is 1.68. The molecule has 0 radical (unpaired) electrons. The van der Waals surface area contributed by atoms with Gasteiger partial charge >= 0.3 is 0 Å². The zero-order chi connectivity index (χ0) is 20.3. The Morgan fingerprint density at radius 2 is 1.59 bits per heavy atom. The van der Waals surface area contributed by atoms with Crippen LogP contribution in [0, 0.1) is 22.7 Å². The Kier molecular flexibility index (Phi) is 5.72. The van der Waals surface area contributed by atoms with Crippen LogP contribution in [0.2, 0.25) is 0 Å². The molecule has 2 saturated carbocycles. The van der Waals surface area contributed by atoms with Crippen LogP contribution in [0.25, 0.3) is 11.1 Å². The molecule has 0 unspecified atom stereocenters. The quantitative estimate of drug-likeness (QED) is 0.619. The molecule has 2 aliphatic carbocycles. The van der Waals surface area contributed by atoms with E-state index in [0.29, 0.717) is 24.5 Å². The fourth-order valence-corrected chi connectivity index (χ4v) is 5.31. The molecule has 0 aliphatic heterocycles. The van der Waals surface area contributed by atoms with Gasteiger partial charge < -0.3 is 4.74 Å². The molecule has 0 bridgehead atoms. The van der Waals surface area contributed by atoms with Crippen LogP contribution in [0.1, 0.15) is 62.8 Å². The summed E-state index contributed by atoms with van der Waals surface area (Å²) >= 11 is 0. The number of nitriles is 1. The van der Waals surface area contributed by atoms with E-state index >= 15 is 0 Å². The minimum absolute atomic E-state index is 0.271. The molecular formula is C26H29NO2. The standard InChI is InChI=1S/C26H29NO2/c1-29-25-11-9-21(10-12-25)19-5-7-20(8-6-19)22-13-15-26(18-27,16-14-22)23-3-2-4-24(28)17-23/h5-12,22-23H,2-4,13-17H2,1H3/t22?,23-,26?/m1/s1. The second-order valence-electron chi connectivity index (χ2n) is 8.72. The van der Waals surface area contributed by atoms with Crippen molar-refractivity contribution in [2.24, 2.45) is 11.3 Å². The maximum atomic E-state index is 11.9. The molecule has 29 heavy (non-hydrogen) atoms. The van der Waals surface area contributed by atoms with Crippen LogP contribution in [-0.4, -0.2) is 12.9 Å². The van der Waals surface area contributed by atoms with Crippen molar-refractivity contribution in [1.82, 2.24) is 0 Å². The van der Waals surface area contributed by atoms with E-state index in [1.165, 1.54) is 16.7 Å². The van der Waals surface area contributed by atoms with E-state index in [0.717, 1.165) is 44.3 Å². The smallest absolute Gasteiger partial charge is 0.133 e. The summed E-state index contributed by atoms with van der Waals surface area (Å²) in [5, 5.41) is 9.97. The third kappa shape index (κ3) is 4.08. The molecule has 0 saturated heterocycles. The number of hydrogen-bond acceptors (Lipinski definition) is 3. The van der Waals surface area contributed by atoms with Crippen LogP contribution >= 0.6 is 0 Å². The lowest BCUT2D eigenvalue weighted by Gasteiger charge is -2.42. The third-order valence-electron chi connectivity index (χ3n) is 7.17. The first-order valence-electron chi connectivity index (χ1n) is 10.8. The lowest BCUT2D eigenvalue weighted by atomic mass is 9.60. The van der Waals surface area contributed by atoms with Crippen molar-refractivity contribution in [2.75, 3.05) is 7.11 Å². The maximum Gasteiger partial charge on any atom is 0.133 e. The van der Waals surface area contributed by atoms with Gasteiger partial charge in [0.25, 0.3) is 0 Å². The predicted octanol–water partition coefficient (Wildman–Crippen LogP) is 6.29. The highest BCUT2D eigenvalue weighted by atomic mass is 16.5. The van der Waals surface area contributed by atoms with Gasteiger partial charge in [0.05, 0.1) is 18.6 Å². The van der Waals surface area contributed by atoms with E-state index in [4.69, 9.17) is 4.74 Å². The second-order valence-corrected chi connectivity index (χ2v) is 8.72. The van der Waals surface area contributed by atoms with Crippen molar-refractivity contribution in [3.8, 4) is 22.9 Å². The van der Waals surface area contributed by atoms with Gasteiger partial charge in [0.1, 0.15) is 11.5 Å². The average Bonchev–Trinajstić information content (AvgIpc) is 2.79. The van der Waals surface area contributed by atoms with Gasteiger partial charge in [-0.2, -0.15) is 5.26 Å². The summed E-state index contributed by atoms with van der Waals surface area (Å²) < 4.78 is 5.24. The molecule has 1 atom stereocenters. The van der Waals surface area contributed by atoms with Crippen molar-refractivity contribution >= 4 is 5.78 Å². The number of benzene rings is 2. The van der Waals surface area contributed by atoms with Gasteiger partial charge in [-0.05, 0) is 79.2 Å². The summed E-state index contributed by atoms with van der Waals surface area (Å²) in [4.78, 5) is 11.9. The number of Topliss-reactive ketones (excluding diaryl/α,β-unsaturated/α-hetero) is 1. The zero-order valence-electron chi connectivity index (χ0n) is 17.2. The van der Waals surface area contributed by atoms with Crippen LogP contribution < -0.4 is 4.74 Å². The van der Waals surface area contributed by atoms with Crippen LogP contribution in [0.4, 0.5) is 0 Å². The molecule has 0 spiro atoms. The molecule has 0 aromatic heterocycles. The Labute approximate surface area is 173 Å². The second kappa shape index (κ2) is 8.41. The van der Waals surface area contributed by atoms with Crippen LogP contribution in [0.5, 0.6) is 5.75 Å². The van der Waals surface area contributed by atoms with Crippen molar-refractivity contribution in [3.63, 3.8) is 0 Å². The normalized spacial score (nSPS) is 27.2. The van der Waals surface area contributed by atoms with E-state index in [2.05, 4.69) is 42.5 Å². The minimum atomic E-state index is -0.282. The Morgan fingerprint density at radius 3 is 2.14 bits per heavy atom. The zero-order valence-corrected chi connectivity index (χ0v) is 17.2. The summed E-state index contributed by atoms with van der Waals surface area (Å²) in [6.45, 7) is 0. The first-order chi connectivity index (χ1) is 14.1. The average molecular weight is 388 g/mol. The number of hydrogen-bond donors (Lipinski definition) is 0. The molecule has 3 nitrogen and oxygen atoms in total. The molecule has 0 amide bonds. The van der Waals surface area contributed by atoms with Crippen molar-refractivity contribution in [3.05, 3.63) is 54.1 Å². The van der Waals surface area contributed by atoms with Gasteiger partial charge in [0, 0.05) is 12.8 Å². The molecular weight excluding hydrogens is 358 g/mol. The van der Waals surface area contributed by atoms with Gasteiger partial charge in [-0.15, -0.1) is 0 Å². The third-order valence-corrected chi connectivity index (χ3v) is 7.17. The summed E-state index contributed by atoms with van der Waals surface area (Å²) in [5.41, 5.74) is 3.48. The Morgan fingerprint density at radius 1 is 0.966 bits per heavy atom. The predicted molar refractivity (Wildman–Crippen MR) is 115 cm³/mol. The number of methoxy groups -OCH3 is 1. The topological polar surface area (TPSA) is 50.1 Å². The fourth-order valence-electron chi connectivity index (χ4n) is 5.31. The fraction of sp³-hybridized carbons (Fsp3) is 0.462. The Balaban J connectivity index is 1.43. The van der Waals surface area contributed by atoms with Crippen molar-refractivity contribution in [2.45, 2.75) is 57.3 Å². The Bertz CT molecular complexity index is 884. The van der Waals surface area contributed by atoms with Crippen LogP contribution in [0.15, 0.2) is 48.5 Å². The SMILES string of the molecule is COc1ccc(-c2ccc(C3CCC(C#N)([C@@H]4CCCC(=O)C4)CC3)cc2)cc1. The van der Waals surface area contributed by atoms with E-state index < -0.39 is 0 Å². The highest BCUT2D eigenvalue weighted by Crippen LogP contribution is 2.50. The van der Waals surface area contributed by atoms with Gasteiger partial charge in [0.2, 0.25) is 0 Å². The molecule has 150 valence electrons. The number of rotatable bonds is 4. The van der Waals surface area contributed by atoms with Gasteiger partial charge in [0.15, 0.2) is 0 Å². The monoisotopic (exact) mass is 387 g/mol. The largest absolute Gasteiger partial charge is 0.497 e. The summed E-state index contributed by atoms with van der Waals surface area (Å²) in [6.07, 6.45) is 7.26. The highest BCUT2D eigenvalue weighted by molar-refractivity contribution is 5.79. The number of nitrogens with zero attached hydrogens (tertiary/aromatic N) is 1. The van der Waals surface area contributed by atoms with E-state index in [-0.39, 0.29) is 11.3 Å². The number of carbonyl (C=O) groups is 1. The number of ketones is 1. The molecule has 0 heterocycles. The Hall–Kier alpha value is -2.60. The van der Waals surface area contributed by atoms with Crippen molar-refractivity contribution < 1.29 is 9.53 Å².